The van der Waals surface area contributed by atoms with Crippen molar-refractivity contribution in [1.82, 2.24) is 4.90 Å². The molecule has 1 N–H and O–H groups in total. The zero-order valence-corrected chi connectivity index (χ0v) is 17.7. The monoisotopic (exact) mass is 425 g/mol. The van der Waals surface area contributed by atoms with Crippen LogP contribution in [0.1, 0.15) is 46.4 Å². The van der Waals surface area contributed by atoms with Crippen LogP contribution in [0.15, 0.2) is 72.8 Å². The van der Waals surface area contributed by atoms with Gasteiger partial charge in [0.15, 0.2) is 6.61 Å². The molecule has 1 atom stereocenters. The first-order chi connectivity index (χ1) is 15.6. The van der Waals surface area contributed by atoms with Crippen LogP contribution in [0.2, 0.25) is 0 Å². The number of anilines is 1. The van der Waals surface area contributed by atoms with E-state index in [1.54, 1.807) is 36.4 Å². The van der Waals surface area contributed by atoms with Gasteiger partial charge in [-0.1, -0.05) is 37.3 Å². The molecule has 6 nitrogen and oxygen atoms in total. The summed E-state index contributed by atoms with van der Waals surface area (Å²) in [4.78, 5) is 27.3. The van der Waals surface area contributed by atoms with E-state index in [1.807, 2.05) is 47.4 Å². The van der Waals surface area contributed by atoms with Crippen LogP contribution in [0.4, 0.5) is 5.69 Å². The van der Waals surface area contributed by atoms with Gasteiger partial charge in [-0.05, 0) is 54.4 Å². The third kappa shape index (κ3) is 4.47. The maximum atomic E-state index is 12.9. The highest BCUT2D eigenvalue weighted by Crippen LogP contribution is 2.32. The van der Waals surface area contributed by atoms with Crippen molar-refractivity contribution in [2.75, 3.05) is 11.9 Å². The van der Waals surface area contributed by atoms with E-state index in [0.29, 0.717) is 29.1 Å². The lowest BCUT2D eigenvalue weighted by Crippen LogP contribution is -2.35. The van der Waals surface area contributed by atoms with E-state index in [1.165, 1.54) is 0 Å². The molecule has 160 valence electrons. The minimum atomic E-state index is -0.271. The smallest absolute Gasteiger partial charge is 0.261 e. The summed E-state index contributed by atoms with van der Waals surface area (Å²) in [5, 5.41) is 11.8. The average molecular weight is 425 g/mol. The zero-order valence-electron chi connectivity index (χ0n) is 17.7. The zero-order chi connectivity index (χ0) is 22.5. The number of fused-ring (bicyclic) bond motifs is 1. The van der Waals surface area contributed by atoms with Crippen LogP contribution in [-0.4, -0.2) is 23.3 Å². The predicted molar refractivity (Wildman–Crippen MR) is 121 cm³/mol. The average Bonchev–Trinajstić information content (AvgIpc) is 2.99. The number of benzene rings is 3. The highest BCUT2D eigenvalue weighted by molar-refractivity contribution is 6.04. The summed E-state index contributed by atoms with van der Waals surface area (Å²) in [6, 6.07) is 23.8. The van der Waals surface area contributed by atoms with Crippen molar-refractivity contribution in [3.8, 4) is 11.8 Å². The molecule has 0 fully saturated rings. The third-order valence-electron chi connectivity index (χ3n) is 5.55. The SMILES string of the molecule is CCC(c1ccccc1)N1Cc2cc(NC(=O)c3ccc(C#N)cc3)ccc2OCC1=O. The lowest BCUT2D eigenvalue weighted by molar-refractivity contribution is -0.135. The lowest BCUT2D eigenvalue weighted by atomic mass is 10.0. The molecule has 32 heavy (non-hydrogen) atoms. The van der Waals surface area contributed by atoms with Gasteiger partial charge in [-0.3, -0.25) is 9.59 Å². The van der Waals surface area contributed by atoms with Crippen molar-refractivity contribution >= 4 is 17.5 Å². The molecule has 3 aromatic carbocycles. The van der Waals surface area contributed by atoms with E-state index < -0.39 is 0 Å². The second kappa shape index (κ2) is 9.36. The van der Waals surface area contributed by atoms with Gasteiger partial charge >= 0.3 is 0 Å². The molecule has 2 amide bonds. The van der Waals surface area contributed by atoms with Crippen molar-refractivity contribution in [3.63, 3.8) is 0 Å². The summed E-state index contributed by atoms with van der Waals surface area (Å²) < 4.78 is 5.76. The summed E-state index contributed by atoms with van der Waals surface area (Å²) in [7, 11) is 0. The van der Waals surface area contributed by atoms with Crippen LogP contribution in [0, 0.1) is 11.3 Å². The molecule has 0 saturated carbocycles. The first kappa shape index (κ1) is 21.1. The summed E-state index contributed by atoms with van der Waals surface area (Å²) in [6.45, 7) is 2.43. The number of carbonyl (C=O) groups excluding carboxylic acids is 2. The van der Waals surface area contributed by atoms with Gasteiger partial charge < -0.3 is 15.0 Å². The molecule has 1 unspecified atom stereocenters. The minimum Gasteiger partial charge on any atom is -0.483 e. The largest absolute Gasteiger partial charge is 0.483 e. The van der Waals surface area contributed by atoms with Gasteiger partial charge in [0, 0.05) is 16.8 Å². The van der Waals surface area contributed by atoms with Crippen LogP contribution in [0.3, 0.4) is 0 Å². The third-order valence-corrected chi connectivity index (χ3v) is 5.55. The number of hydrogen-bond acceptors (Lipinski definition) is 4. The Labute approximate surface area is 187 Å². The first-order valence-electron chi connectivity index (χ1n) is 10.5. The molecule has 1 heterocycles. The number of rotatable bonds is 5. The molecular weight excluding hydrogens is 402 g/mol. The quantitative estimate of drug-likeness (QED) is 0.643. The van der Waals surface area contributed by atoms with Gasteiger partial charge in [0.05, 0.1) is 24.2 Å². The van der Waals surface area contributed by atoms with Crippen molar-refractivity contribution in [2.45, 2.75) is 25.9 Å². The Morgan fingerprint density at radius 2 is 1.88 bits per heavy atom. The molecule has 0 aromatic heterocycles. The maximum absolute atomic E-state index is 12.9. The fourth-order valence-electron chi connectivity index (χ4n) is 3.91. The van der Waals surface area contributed by atoms with E-state index in [-0.39, 0.29) is 24.5 Å². The summed E-state index contributed by atoms with van der Waals surface area (Å²) in [6.07, 6.45) is 0.778. The highest BCUT2D eigenvalue weighted by atomic mass is 16.5. The number of nitrogens with one attached hydrogen (secondary N) is 1. The fraction of sp³-hybridized carbons (Fsp3) is 0.192. The number of amides is 2. The van der Waals surface area contributed by atoms with Crippen molar-refractivity contribution in [2.24, 2.45) is 0 Å². The molecule has 0 saturated heterocycles. The van der Waals surface area contributed by atoms with Crippen molar-refractivity contribution in [3.05, 3.63) is 95.1 Å². The summed E-state index contributed by atoms with van der Waals surface area (Å²) >= 11 is 0. The van der Waals surface area contributed by atoms with Crippen LogP contribution in [0.5, 0.6) is 5.75 Å². The van der Waals surface area contributed by atoms with Crippen LogP contribution in [-0.2, 0) is 11.3 Å². The van der Waals surface area contributed by atoms with Crippen molar-refractivity contribution in [1.29, 1.82) is 5.26 Å². The van der Waals surface area contributed by atoms with Crippen LogP contribution >= 0.6 is 0 Å². The van der Waals surface area contributed by atoms with E-state index in [4.69, 9.17) is 10.00 Å². The highest BCUT2D eigenvalue weighted by Gasteiger charge is 2.28. The van der Waals surface area contributed by atoms with Crippen LogP contribution < -0.4 is 10.1 Å². The standard InChI is InChI=1S/C26H23N3O3/c1-2-23(19-6-4-3-5-7-19)29-16-21-14-22(12-13-24(21)32-17-25(29)30)28-26(31)20-10-8-18(15-27)9-11-20/h3-14,23H,2,16-17H2,1H3,(H,28,31). The summed E-state index contributed by atoms with van der Waals surface area (Å²) in [5.74, 6) is 0.299. The van der Waals surface area contributed by atoms with E-state index in [0.717, 1.165) is 17.5 Å². The maximum Gasteiger partial charge on any atom is 0.261 e. The fourth-order valence-corrected chi connectivity index (χ4v) is 3.91. The number of carbonyl (C=O) groups is 2. The van der Waals surface area contributed by atoms with Gasteiger partial charge in [0.1, 0.15) is 5.75 Å². The van der Waals surface area contributed by atoms with E-state index >= 15 is 0 Å². The Bertz CT molecular complexity index is 1170. The predicted octanol–water partition coefficient (Wildman–Crippen LogP) is 4.68. The van der Waals surface area contributed by atoms with E-state index in [2.05, 4.69) is 12.2 Å². The molecule has 0 bridgehead atoms. The van der Waals surface area contributed by atoms with Crippen molar-refractivity contribution < 1.29 is 14.3 Å². The number of nitriles is 1. The van der Waals surface area contributed by atoms with Gasteiger partial charge in [-0.15, -0.1) is 0 Å². The second-order valence-corrected chi connectivity index (χ2v) is 7.61. The number of nitrogens with zero attached hydrogens (tertiary/aromatic N) is 2. The van der Waals surface area contributed by atoms with Crippen LogP contribution in [0.25, 0.3) is 0 Å². The number of ether oxygens (including phenoxy) is 1. The Balaban J connectivity index is 1.57. The van der Waals surface area contributed by atoms with Gasteiger partial charge in [-0.2, -0.15) is 5.26 Å². The molecule has 1 aliphatic rings. The Kier molecular flexibility index (Phi) is 6.18. The van der Waals surface area contributed by atoms with Gasteiger partial charge in [-0.25, -0.2) is 0 Å². The second-order valence-electron chi connectivity index (χ2n) is 7.61. The lowest BCUT2D eigenvalue weighted by Gasteiger charge is -2.30. The Morgan fingerprint density at radius 1 is 1.12 bits per heavy atom. The molecule has 6 heteroatoms. The Morgan fingerprint density at radius 3 is 2.56 bits per heavy atom. The molecular formula is C26H23N3O3. The molecule has 4 rings (SSSR count). The minimum absolute atomic E-state index is 0.0206. The van der Waals surface area contributed by atoms with Gasteiger partial charge in [0.2, 0.25) is 0 Å². The number of hydrogen-bond donors (Lipinski definition) is 1. The molecule has 3 aromatic rings. The summed E-state index contributed by atoms with van der Waals surface area (Å²) in [5.41, 5.74) is 3.49. The van der Waals surface area contributed by atoms with Gasteiger partial charge in [0.25, 0.3) is 11.8 Å². The topological polar surface area (TPSA) is 82.4 Å². The first-order valence-corrected chi connectivity index (χ1v) is 10.5. The normalized spacial score (nSPS) is 13.9. The molecule has 1 aliphatic heterocycles. The Hall–Kier alpha value is -4.11. The molecule has 0 radical (unpaired) electrons. The molecule has 0 spiro atoms. The van der Waals surface area contributed by atoms with E-state index in [9.17, 15) is 9.59 Å². The molecule has 0 aliphatic carbocycles.